The largest absolute Gasteiger partial charge is 0.310 e. The Balaban J connectivity index is 1.02. The van der Waals surface area contributed by atoms with Gasteiger partial charge in [-0.1, -0.05) is 141 Å². The Labute approximate surface area is 347 Å². The first kappa shape index (κ1) is 33.4. The fourth-order valence-corrected chi connectivity index (χ4v) is 10.7. The quantitative estimate of drug-likeness (QED) is 0.170. The van der Waals surface area contributed by atoms with E-state index in [1.807, 2.05) is 0 Å². The molecule has 0 amide bonds. The minimum Gasteiger partial charge on any atom is -0.310 e. The minimum absolute atomic E-state index is 0.0711. The summed E-state index contributed by atoms with van der Waals surface area (Å²) in [4.78, 5) is 2.49. The van der Waals surface area contributed by atoms with Crippen LogP contribution in [0.5, 0.6) is 0 Å². The van der Waals surface area contributed by atoms with E-state index in [-0.39, 0.29) is 5.41 Å². The second kappa shape index (κ2) is 12.2. The van der Waals surface area contributed by atoms with Crippen molar-refractivity contribution >= 4 is 77.0 Å². The van der Waals surface area contributed by atoms with Crippen molar-refractivity contribution in [1.82, 2.24) is 8.97 Å². The van der Waals surface area contributed by atoms with E-state index >= 15 is 0 Å². The van der Waals surface area contributed by atoms with E-state index < -0.39 is 0 Å². The highest BCUT2D eigenvalue weighted by Crippen LogP contribution is 2.52. The third-order valence-electron chi connectivity index (χ3n) is 13.4. The number of para-hydroxylation sites is 4. The molecule has 12 aromatic rings. The monoisotopic (exact) mass is 765 g/mol. The zero-order valence-corrected chi connectivity index (χ0v) is 33.4. The lowest BCUT2D eigenvalue weighted by Crippen LogP contribution is -2.15. The van der Waals surface area contributed by atoms with Crippen molar-refractivity contribution in [3.8, 4) is 27.9 Å². The molecule has 0 spiro atoms. The third kappa shape index (κ3) is 4.49. The number of hydrogen-bond acceptors (Lipinski definition) is 1. The van der Waals surface area contributed by atoms with Crippen molar-refractivity contribution in [2.24, 2.45) is 0 Å². The van der Waals surface area contributed by atoms with E-state index in [4.69, 9.17) is 0 Å². The molecule has 0 aliphatic heterocycles. The van der Waals surface area contributed by atoms with Crippen LogP contribution < -0.4 is 4.90 Å². The summed E-state index contributed by atoms with van der Waals surface area (Å²) in [5, 5.41) is 7.61. The highest BCUT2D eigenvalue weighted by Gasteiger charge is 2.36. The van der Waals surface area contributed by atoms with Crippen molar-refractivity contribution in [3.05, 3.63) is 211 Å². The van der Waals surface area contributed by atoms with Crippen LogP contribution in [0.2, 0.25) is 0 Å². The van der Waals surface area contributed by atoms with Gasteiger partial charge in [-0.05, 0) is 106 Å². The predicted octanol–water partition coefficient (Wildman–Crippen LogP) is 15.4. The lowest BCUT2D eigenvalue weighted by molar-refractivity contribution is 0.660. The molecule has 0 saturated heterocycles. The molecule has 0 N–H and O–H groups in total. The van der Waals surface area contributed by atoms with Gasteiger partial charge in [-0.25, -0.2) is 0 Å². The molecule has 3 aromatic heterocycles. The molecule has 1 aliphatic rings. The van der Waals surface area contributed by atoms with Gasteiger partial charge >= 0.3 is 0 Å². The lowest BCUT2D eigenvalue weighted by atomic mass is 9.82. The van der Waals surface area contributed by atoms with Gasteiger partial charge < -0.3 is 13.9 Å². The maximum atomic E-state index is 2.49. The van der Waals surface area contributed by atoms with E-state index in [0.29, 0.717) is 0 Å². The average molecular weight is 766 g/mol. The number of rotatable bonds is 5. The van der Waals surface area contributed by atoms with Gasteiger partial charge in [-0.2, -0.15) is 0 Å². The first-order valence-corrected chi connectivity index (χ1v) is 20.9. The molecule has 0 atom stereocenters. The summed E-state index contributed by atoms with van der Waals surface area (Å²) >= 11 is 0. The Morgan fingerprint density at radius 3 is 1.80 bits per heavy atom. The normalized spacial score (nSPS) is 13.3. The van der Waals surface area contributed by atoms with Crippen LogP contribution in [0, 0.1) is 0 Å². The van der Waals surface area contributed by atoms with E-state index in [0.717, 1.165) is 11.4 Å². The molecule has 3 heterocycles. The van der Waals surface area contributed by atoms with Crippen LogP contribution in [0.1, 0.15) is 25.0 Å². The molecule has 0 unspecified atom stereocenters. The summed E-state index contributed by atoms with van der Waals surface area (Å²) < 4.78 is 4.86. The SMILES string of the molecule is CC1(C)c2ccccc2-c2cc(N(c3ccc(-c4ccc5c(c4)c4ccccc4n5-c4ccccc4)cc3)c3ccc4c5ccccc5n5c6ccccc6c3c45)ccc21. The molecule has 0 saturated carbocycles. The number of fused-ring (bicyclic) bond motifs is 12. The summed E-state index contributed by atoms with van der Waals surface area (Å²) in [6.07, 6.45) is 0. The molecule has 0 bridgehead atoms. The second-order valence-corrected chi connectivity index (χ2v) is 16.9. The fourth-order valence-electron chi connectivity index (χ4n) is 10.7. The van der Waals surface area contributed by atoms with Gasteiger partial charge in [0.25, 0.3) is 0 Å². The van der Waals surface area contributed by atoms with Crippen LogP contribution in [0.3, 0.4) is 0 Å². The van der Waals surface area contributed by atoms with Crippen molar-refractivity contribution in [2.45, 2.75) is 19.3 Å². The van der Waals surface area contributed by atoms with Crippen molar-refractivity contribution in [1.29, 1.82) is 0 Å². The Kier molecular flexibility index (Phi) is 6.78. The maximum absolute atomic E-state index is 2.49. The number of benzene rings is 9. The molecule has 60 heavy (non-hydrogen) atoms. The van der Waals surface area contributed by atoms with E-state index in [9.17, 15) is 0 Å². The standard InChI is InChI=1S/C57H39N3/c1-57(2)48-20-10-6-16-41(48)46-35-40(29-31-49(46)57)58(54-33-30-44-42-17-7-12-22-51(42)60-52-23-13-9-19-45(52)55(54)56(44)60)39-27-24-36(25-28-39)37-26-32-53-47(34-37)43-18-8-11-21-50(43)59(53)38-14-4-3-5-15-38/h3-35H,1-2H3. The Morgan fingerprint density at radius 1 is 0.400 bits per heavy atom. The zero-order valence-electron chi connectivity index (χ0n) is 33.4. The van der Waals surface area contributed by atoms with Crippen LogP contribution in [0.15, 0.2) is 200 Å². The van der Waals surface area contributed by atoms with Gasteiger partial charge in [0.1, 0.15) is 0 Å². The molecule has 0 radical (unpaired) electrons. The van der Waals surface area contributed by atoms with Crippen LogP contribution in [-0.4, -0.2) is 8.97 Å². The Bertz CT molecular complexity index is 3680. The number of anilines is 3. The fraction of sp³-hybridized carbons (Fsp3) is 0.0526. The number of nitrogens with zero attached hydrogens (tertiary/aromatic N) is 3. The van der Waals surface area contributed by atoms with Crippen LogP contribution in [0.4, 0.5) is 17.1 Å². The maximum Gasteiger partial charge on any atom is 0.0641 e. The van der Waals surface area contributed by atoms with Gasteiger partial charge in [-0.3, -0.25) is 0 Å². The van der Waals surface area contributed by atoms with Crippen LogP contribution in [-0.2, 0) is 5.41 Å². The Hall–Kier alpha value is -7.62. The van der Waals surface area contributed by atoms with Crippen molar-refractivity contribution in [2.75, 3.05) is 4.90 Å². The molecule has 9 aromatic carbocycles. The van der Waals surface area contributed by atoms with Gasteiger partial charge in [0, 0.05) is 54.8 Å². The molecular weight excluding hydrogens is 727 g/mol. The molecule has 282 valence electrons. The van der Waals surface area contributed by atoms with Gasteiger partial charge in [0.2, 0.25) is 0 Å². The minimum atomic E-state index is -0.0711. The van der Waals surface area contributed by atoms with E-state index in [1.165, 1.54) is 105 Å². The average Bonchev–Trinajstić information content (AvgIpc) is 4.00. The first-order valence-electron chi connectivity index (χ1n) is 20.9. The summed E-state index contributed by atoms with van der Waals surface area (Å²) in [5.41, 5.74) is 18.5. The van der Waals surface area contributed by atoms with E-state index in [1.54, 1.807) is 0 Å². The summed E-state index contributed by atoms with van der Waals surface area (Å²) in [7, 11) is 0. The molecular formula is C57H39N3. The topological polar surface area (TPSA) is 12.6 Å². The smallest absolute Gasteiger partial charge is 0.0641 e. The van der Waals surface area contributed by atoms with Crippen molar-refractivity contribution < 1.29 is 0 Å². The summed E-state index contributed by atoms with van der Waals surface area (Å²) in [6.45, 7) is 4.71. The highest BCUT2D eigenvalue weighted by atomic mass is 15.1. The lowest BCUT2D eigenvalue weighted by Gasteiger charge is -2.28. The molecule has 3 heteroatoms. The summed E-state index contributed by atoms with van der Waals surface area (Å²) in [5.74, 6) is 0. The number of aromatic nitrogens is 2. The van der Waals surface area contributed by atoms with Gasteiger partial charge in [0.15, 0.2) is 0 Å². The van der Waals surface area contributed by atoms with Gasteiger partial charge in [-0.15, -0.1) is 0 Å². The highest BCUT2D eigenvalue weighted by molar-refractivity contribution is 6.27. The number of hydrogen-bond donors (Lipinski definition) is 0. The molecule has 0 fully saturated rings. The zero-order chi connectivity index (χ0) is 39.7. The van der Waals surface area contributed by atoms with Crippen LogP contribution >= 0.6 is 0 Å². The van der Waals surface area contributed by atoms with E-state index in [2.05, 4.69) is 228 Å². The van der Waals surface area contributed by atoms with Gasteiger partial charge in [0.05, 0.1) is 33.3 Å². The third-order valence-corrected chi connectivity index (χ3v) is 13.4. The van der Waals surface area contributed by atoms with Crippen molar-refractivity contribution in [3.63, 3.8) is 0 Å². The second-order valence-electron chi connectivity index (χ2n) is 16.9. The molecule has 1 aliphatic carbocycles. The first-order chi connectivity index (χ1) is 29.5. The van der Waals surface area contributed by atoms with Crippen LogP contribution in [0.25, 0.3) is 87.8 Å². The predicted molar refractivity (Wildman–Crippen MR) is 253 cm³/mol. The molecule has 13 rings (SSSR count). The Morgan fingerprint density at radius 2 is 1.00 bits per heavy atom. The summed E-state index contributed by atoms with van der Waals surface area (Å²) in [6, 6.07) is 74.1. The molecule has 3 nitrogen and oxygen atoms in total.